The van der Waals surface area contributed by atoms with Gasteiger partial charge in [0.1, 0.15) is 23.9 Å². The van der Waals surface area contributed by atoms with Crippen LogP contribution in [-0.2, 0) is 11.4 Å². The van der Waals surface area contributed by atoms with Crippen molar-refractivity contribution < 1.29 is 18.7 Å². The van der Waals surface area contributed by atoms with E-state index in [-0.39, 0.29) is 23.9 Å². The Labute approximate surface area is 263 Å². The Morgan fingerprint density at radius 3 is 2.44 bits per heavy atom. The van der Waals surface area contributed by atoms with Gasteiger partial charge in [0.05, 0.1) is 28.5 Å². The Bertz CT molecular complexity index is 2050. The number of hydrogen-bond donors (Lipinski definition) is 1. The van der Waals surface area contributed by atoms with Crippen molar-refractivity contribution in [3.8, 4) is 11.5 Å². The molecular formula is C36H30FN3O4S. The maximum Gasteiger partial charge on any atom is 0.271 e. The number of ether oxygens (including phenoxy) is 2. The summed E-state index contributed by atoms with van der Waals surface area (Å²) in [6, 6.07) is 29.5. The summed E-state index contributed by atoms with van der Waals surface area (Å²) in [5, 5.41) is 2.97. The van der Waals surface area contributed by atoms with E-state index in [2.05, 4.69) is 5.32 Å². The number of fused-ring (bicyclic) bond motifs is 1. The molecule has 0 saturated carbocycles. The zero-order valence-electron chi connectivity index (χ0n) is 24.7. The molecule has 5 aromatic rings. The molecular weight excluding hydrogens is 589 g/mol. The standard InChI is InChI=1S/C36H30FN3O4S/c1-3-43-29-18-14-26(15-19-29)33-32(34(41)39-28-9-5-4-6-10-28)23(2)38-36-40(33)35(42)31(45-36)21-25-8-7-11-30(20-25)44-22-24-12-16-27(37)17-13-24/h4-21,33H,3,22H2,1-2H3,(H,39,41)/b31-21-/t33-/m1/s1. The minimum absolute atomic E-state index is 0.257. The molecule has 45 heavy (non-hydrogen) atoms. The quantitative estimate of drug-likeness (QED) is 0.220. The van der Waals surface area contributed by atoms with Crippen molar-refractivity contribution in [3.05, 3.63) is 157 Å². The number of hydrogen-bond acceptors (Lipinski definition) is 6. The fourth-order valence-corrected chi connectivity index (χ4v) is 6.20. The number of aromatic nitrogens is 1. The van der Waals surface area contributed by atoms with Crippen LogP contribution in [0.1, 0.15) is 36.6 Å². The highest BCUT2D eigenvalue weighted by molar-refractivity contribution is 7.07. The van der Waals surface area contributed by atoms with E-state index < -0.39 is 6.04 Å². The van der Waals surface area contributed by atoms with E-state index in [1.54, 1.807) is 29.7 Å². The third-order valence-electron chi connectivity index (χ3n) is 7.28. The first-order chi connectivity index (χ1) is 21.9. The highest BCUT2D eigenvalue weighted by atomic mass is 32.1. The van der Waals surface area contributed by atoms with Crippen molar-refractivity contribution in [1.29, 1.82) is 0 Å². The second kappa shape index (κ2) is 13.2. The fraction of sp³-hybridized carbons (Fsp3) is 0.139. The van der Waals surface area contributed by atoms with Gasteiger partial charge in [-0.3, -0.25) is 14.2 Å². The third-order valence-corrected chi connectivity index (χ3v) is 8.26. The number of allylic oxidation sites excluding steroid dienone is 1. The van der Waals surface area contributed by atoms with Crippen LogP contribution in [0.3, 0.4) is 0 Å². The van der Waals surface area contributed by atoms with Crippen LogP contribution in [0.15, 0.2) is 124 Å². The molecule has 4 aromatic carbocycles. The maximum atomic E-state index is 14.1. The molecule has 1 aliphatic heterocycles. The molecule has 0 bridgehead atoms. The molecule has 2 heterocycles. The smallest absolute Gasteiger partial charge is 0.271 e. The van der Waals surface area contributed by atoms with Crippen LogP contribution in [0, 0.1) is 5.82 Å². The van der Waals surface area contributed by atoms with Gasteiger partial charge < -0.3 is 14.8 Å². The average molecular weight is 620 g/mol. The van der Waals surface area contributed by atoms with E-state index in [0.29, 0.717) is 44.4 Å². The van der Waals surface area contributed by atoms with Crippen molar-refractivity contribution in [3.63, 3.8) is 0 Å². The van der Waals surface area contributed by atoms with Gasteiger partial charge in [-0.05, 0) is 85.1 Å². The lowest BCUT2D eigenvalue weighted by Crippen LogP contribution is -2.40. The molecule has 226 valence electrons. The number of thiazole rings is 1. The maximum absolute atomic E-state index is 14.1. The van der Waals surface area contributed by atoms with Crippen LogP contribution >= 0.6 is 11.3 Å². The first-order valence-corrected chi connectivity index (χ1v) is 15.3. The van der Waals surface area contributed by atoms with E-state index in [1.165, 1.54) is 23.5 Å². The van der Waals surface area contributed by atoms with E-state index in [9.17, 15) is 14.0 Å². The fourth-order valence-electron chi connectivity index (χ4n) is 5.15. The lowest BCUT2D eigenvalue weighted by atomic mass is 9.95. The SMILES string of the molecule is CCOc1ccc([C@@H]2C(C(=O)Nc3ccccc3)=C(C)N=c3s/c(=C\c4cccc(OCc5ccc(F)cc5)c4)c(=O)n32)cc1. The molecule has 1 aliphatic rings. The average Bonchev–Trinajstić information content (AvgIpc) is 3.35. The lowest BCUT2D eigenvalue weighted by Gasteiger charge is -2.25. The number of carbonyl (C=O) groups excluding carboxylic acids is 1. The molecule has 1 atom stereocenters. The Morgan fingerprint density at radius 2 is 1.71 bits per heavy atom. The molecule has 0 unspecified atom stereocenters. The molecule has 0 radical (unpaired) electrons. The van der Waals surface area contributed by atoms with E-state index in [0.717, 1.165) is 16.7 Å². The molecule has 7 nitrogen and oxygen atoms in total. The van der Waals surface area contributed by atoms with Crippen molar-refractivity contribution in [2.45, 2.75) is 26.5 Å². The van der Waals surface area contributed by atoms with E-state index in [4.69, 9.17) is 14.5 Å². The van der Waals surface area contributed by atoms with Crippen LogP contribution in [0.2, 0.25) is 0 Å². The third kappa shape index (κ3) is 6.63. The van der Waals surface area contributed by atoms with Gasteiger partial charge >= 0.3 is 0 Å². The van der Waals surface area contributed by atoms with Gasteiger partial charge in [-0.25, -0.2) is 9.38 Å². The summed E-state index contributed by atoms with van der Waals surface area (Å²) >= 11 is 1.27. The van der Waals surface area contributed by atoms with Gasteiger partial charge in [0.15, 0.2) is 4.80 Å². The van der Waals surface area contributed by atoms with Crippen LogP contribution in [-0.4, -0.2) is 17.1 Å². The summed E-state index contributed by atoms with van der Waals surface area (Å²) in [6.07, 6.45) is 1.80. The largest absolute Gasteiger partial charge is 0.494 e. The molecule has 1 amide bonds. The molecule has 0 fully saturated rings. The molecule has 0 spiro atoms. The zero-order chi connectivity index (χ0) is 31.3. The summed E-state index contributed by atoms with van der Waals surface area (Å²) in [6.45, 7) is 4.51. The van der Waals surface area contributed by atoms with Crippen molar-refractivity contribution >= 4 is 29.0 Å². The van der Waals surface area contributed by atoms with Crippen molar-refractivity contribution in [1.82, 2.24) is 4.57 Å². The summed E-state index contributed by atoms with van der Waals surface area (Å²) in [5.41, 5.74) is 3.68. The number of halogens is 1. The summed E-state index contributed by atoms with van der Waals surface area (Å²) in [5.74, 6) is 0.683. The summed E-state index contributed by atoms with van der Waals surface area (Å²) in [4.78, 5) is 33.1. The van der Waals surface area contributed by atoms with Gasteiger partial charge in [0.25, 0.3) is 11.5 Å². The molecule has 9 heteroatoms. The first-order valence-electron chi connectivity index (χ1n) is 14.5. The molecule has 0 saturated heterocycles. The topological polar surface area (TPSA) is 81.9 Å². The number of anilines is 1. The van der Waals surface area contributed by atoms with Gasteiger partial charge in [-0.15, -0.1) is 0 Å². The Balaban J connectivity index is 1.37. The predicted octanol–water partition coefficient (Wildman–Crippen LogP) is 5.99. The highest BCUT2D eigenvalue weighted by Gasteiger charge is 2.32. The summed E-state index contributed by atoms with van der Waals surface area (Å²) < 4.78 is 26.9. The lowest BCUT2D eigenvalue weighted by molar-refractivity contribution is -0.113. The van der Waals surface area contributed by atoms with E-state index in [1.807, 2.05) is 85.8 Å². The number of para-hydroxylation sites is 1. The second-order valence-electron chi connectivity index (χ2n) is 10.4. The molecule has 0 aliphatic carbocycles. The summed E-state index contributed by atoms with van der Waals surface area (Å²) in [7, 11) is 0. The Hall–Kier alpha value is -5.28. The normalized spacial score (nSPS) is 14.5. The van der Waals surface area contributed by atoms with Gasteiger partial charge in [0, 0.05) is 5.69 Å². The van der Waals surface area contributed by atoms with Gasteiger partial charge in [-0.2, -0.15) is 0 Å². The molecule has 1 N–H and O–H groups in total. The number of carbonyl (C=O) groups is 1. The zero-order valence-corrected chi connectivity index (χ0v) is 25.5. The monoisotopic (exact) mass is 619 g/mol. The van der Waals surface area contributed by atoms with E-state index >= 15 is 0 Å². The second-order valence-corrected chi connectivity index (χ2v) is 11.4. The first kappa shape index (κ1) is 29.8. The highest BCUT2D eigenvalue weighted by Crippen LogP contribution is 2.32. The number of amides is 1. The minimum Gasteiger partial charge on any atom is -0.494 e. The number of rotatable bonds is 9. The Morgan fingerprint density at radius 1 is 0.956 bits per heavy atom. The van der Waals surface area contributed by atoms with Gasteiger partial charge in [-0.1, -0.05) is 65.9 Å². The van der Waals surface area contributed by atoms with Gasteiger partial charge in [0.2, 0.25) is 0 Å². The van der Waals surface area contributed by atoms with Crippen LogP contribution in [0.4, 0.5) is 10.1 Å². The molecule has 1 aromatic heterocycles. The number of benzene rings is 4. The van der Waals surface area contributed by atoms with Crippen LogP contribution in [0.5, 0.6) is 11.5 Å². The Kier molecular flexibility index (Phi) is 8.70. The van der Waals surface area contributed by atoms with Crippen molar-refractivity contribution in [2.24, 2.45) is 4.99 Å². The number of nitrogens with one attached hydrogen (secondary N) is 1. The minimum atomic E-state index is -0.701. The number of nitrogens with zero attached hydrogens (tertiary/aromatic N) is 2. The predicted molar refractivity (Wildman–Crippen MR) is 174 cm³/mol. The van der Waals surface area contributed by atoms with Crippen molar-refractivity contribution in [2.75, 3.05) is 11.9 Å². The molecule has 6 rings (SSSR count). The van der Waals surface area contributed by atoms with Crippen LogP contribution < -0.4 is 29.7 Å². The van der Waals surface area contributed by atoms with Crippen LogP contribution in [0.25, 0.3) is 6.08 Å².